The van der Waals surface area contributed by atoms with Gasteiger partial charge in [0, 0.05) is 37.3 Å². The quantitative estimate of drug-likeness (QED) is 0.843. The Balaban J connectivity index is 1.53. The second-order valence-electron chi connectivity index (χ2n) is 7.66. The fourth-order valence-electron chi connectivity index (χ4n) is 4.52. The van der Waals surface area contributed by atoms with E-state index in [0.29, 0.717) is 35.9 Å². The third-order valence-electron chi connectivity index (χ3n) is 6.02. The Morgan fingerprint density at radius 1 is 1.14 bits per heavy atom. The first-order valence-electron chi connectivity index (χ1n) is 9.77. The van der Waals surface area contributed by atoms with Crippen molar-refractivity contribution in [2.24, 2.45) is 5.73 Å². The van der Waals surface area contributed by atoms with Crippen molar-refractivity contribution in [2.75, 3.05) is 30.5 Å². The first-order chi connectivity index (χ1) is 13.6. The lowest BCUT2D eigenvalue weighted by molar-refractivity contribution is 0.160. The molecular formula is C20H24N4O3S. The molecule has 7 nitrogen and oxygen atoms in total. The van der Waals surface area contributed by atoms with Crippen LogP contribution in [0.2, 0.25) is 0 Å². The molecule has 0 amide bonds. The maximum absolute atomic E-state index is 13.6. The van der Waals surface area contributed by atoms with Crippen molar-refractivity contribution in [3.63, 3.8) is 0 Å². The second kappa shape index (κ2) is 6.72. The van der Waals surface area contributed by atoms with E-state index in [1.54, 1.807) is 24.4 Å². The van der Waals surface area contributed by atoms with E-state index < -0.39 is 10.0 Å². The maximum Gasteiger partial charge on any atom is 0.264 e. The summed E-state index contributed by atoms with van der Waals surface area (Å²) in [4.78, 5) is 7.23. The molecular weight excluding hydrogens is 376 g/mol. The second-order valence-corrected chi connectivity index (χ2v) is 9.50. The summed E-state index contributed by atoms with van der Waals surface area (Å²) in [5.74, 6) is 0.674. The lowest BCUT2D eigenvalue weighted by Crippen LogP contribution is -2.43. The predicted molar refractivity (Wildman–Crippen MR) is 106 cm³/mol. The van der Waals surface area contributed by atoms with Crippen LogP contribution in [0.1, 0.15) is 30.1 Å². The Bertz CT molecular complexity index is 1000. The Morgan fingerprint density at radius 3 is 2.79 bits per heavy atom. The molecule has 3 aliphatic rings. The van der Waals surface area contributed by atoms with Gasteiger partial charge in [0.25, 0.3) is 10.0 Å². The van der Waals surface area contributed by atoms with Crippen molar-refractivity contribution in [1.29, 1.82) is 0 Å². The van der Waals surface area contributed by atoms with Crippen molar-refractivity contribution >= 4 is 15.7 Å². The number of pyridine rings is 1. The molecule has 1 aromatic carbocycles. The molecule has 3 aliphatic heterocycles. The normalized spacial score (nSPS) is 22.8. The van der Waals surface area contributed by atoms with Crippen LogP contribution in [0.5, 0.6) is 5.75 Å². The zero-order valence-electron chi connectivity index (χ0n) is 15.6. The molecule has 0 radical (unpaired) electrons. The molecule has 1 aromatic heterocycles. The van der Waals surface area contributed by atoms with Gasteiger partial charge in [-0.3, -0.25) is 14.2 Å². The summed E-state index contributed by atoms with van der Waals surface area (Å²) in [6.07, 6.45) is 4.21. The van der Waals surface area contributed by atoms with E-state index in [0.717, 1.165) is 37.2 Å². The third-order valence-corrected chi connectivity index (χ3v) is 7.89. The Labute approximate surface area is 165 Å². The van der Waals surface area contributed by atoms with Gasteiger partial charge in [-0.1, -0.05) is 6.07 Å². The summed E-state index contributed by atoms with van der Waals surface area (Å²) in [6.45, 7) is 2.64. The molecule has 1 saturated heterocycles. The van der Waals surface area contributed by atoms with Gasteiger partial charge < -0.3 is 10.5 Å². The standard InChI is InChI=1S/C20H24N4O3S/c21-14-6-10-23(11-7-14)17-13-24(16-3-2-9-22-20(16)17)28(25,26)19-5-1-4-18-15(19)8-12-27-18/h1-5,9,14,17H,6-8,10-13,21H2. The van der Waals surface area contributed by atoms with Gasteiger partial charge in [0.05, 0.1) is 35.5 Å². The van der Waals surface area contributed by atoms with E-state index in [1.807, 2.05) is 12.1 Å². The first kappa shape index (κ1) is 17.9. The van der Waals surface area contributed by atoms with Gasteiger partial charge in [-0.05, 0) is 37.1 Å². The van der Waals surface area contributed by atoms with Crippen molar-refractivity contribution < 1.29 is 13.2 Å². The van der Waals surface area contributed by atoms with Crippen LogP contribution in [0, 0.1) is 0 Å². The van der Waals surface area contributed by atoms with Gasteiger partial charge in [-0.15, -0.1) is 0 Å². The van der Waals surface area contributed by atoms with Crippen LogP contribution in [0.15, 0.2) is 41.4 Å². The smallest absolute Gasteiger partial charge is 0.264 e. The van der Waals surface area contributed by atoms with Crippen LogP contribution in [-0.4, -0.2) is 50.6 Å². The van der Waals surface area contributed by atoms with Crippen LogP contribution in [-0.2, 0) is 16.4 Å². The average molecular weight is 401 g/mol. The predicted octanol–water partition coefficient (Wildman–Crippen LogP) is 1.69. The Hall–Kier alpha value is -2.16. The lowest BCUT2D eigenvalue weighted by Gasteiger charge is -2.34. The molecule has 0 aliphatic carbocycles. The minimum absolute atomic E-state index is 0.0357. The highest BCUT2D eigenvalue weighted by molar-refractivity contribution is 7.93. The minimum atomic E-state index is -3.70. The molecule has 0 saturated carbocycles. The van der Waals surface area contributed by atoms with Gasteiger partial charge in [0.2, 0.25) is 0 Å². The number of sulfonamides is 1. The van der Waals surface area contributed by atoms with Crippen molar-refractivity contribution in [2.45, 2.75) is 36.2 Å². The van der Waals surface area contributed by atoms with Crippen LogP contribution in [0.4, 0.5) is 5.69 Å². The SMILES string of the molecule is NC1CCN(C2CN(S(=O)(=O)c3cccc4c3CCO4)c3cccnc32)CC1. The van der Waals surface area contributed by atoms with E-state index in [4.69, 9.17) is 10.5 Å². The number of fused-ring (bicyclic) bond motifs is 2. The highest BCUT2D eigenvalue weighted by Gasteiger charge is 2.42. The largest absolute Gasteiger partial charge is 0.493 e. The lowest BCUT2D eigenvalue weighted by atomic mass is 10.0. The topological polar surface area (TPSA) is 88.8 Å². The molecule has 8 heteroatoms. The van der Waals surface area contributed by atoms with Crippen molar-refractivity contribution in [3.8, 4) is 5.75 Å². The van der Waals surface area contributed by atoms with Gasteiger partial charge in [0.15, 0.2) is 0 Å². The molecule has 28 heavy (non-hydrogen) atoms. The molecule has 5 rings (SSSR count). The number of rotatable bonds is 3. The molecule has 1 fully saturated rings. The Morgan fingerprint density at radius 2 is 1.96 bits per heavy atom. The first-order valence-corrected chi connectivity index (χ1v) is 11.2. The fourth-order valence-corrected chi connectivity index (χ4v) is 6.27. The summed E-state index contributed by atoms with van der Waals surface area (Å²) in [5, 5.41) is 0. The average Bonchev–Trinajstić information content (AvgIpc) is 3.33. The number of aromatic nitrogens is 1. The number of hydrogen-bond donors (Lipinski definition) is 1. The molecule has 148 valence electrons. The zero-order valence-corrected chi connectivity index (χ0v) is 16.4. The molecule has 2 aromatic rings. The summed E-state index contributed by atoms with van der Waals surface area (Å²) in [7, 11) is -3.70. The number of anilines is 1. The summed E-state index contributed by atoms with van der Waals surface area (Å²) in [6, 6.07) is 9.12. The van der Waals surface area contributed by atoms with Gasteiger partial charge >= 0.3 is 0 Å². The number of ether oxygens (including phenoxy) is 1. The summed E-state index contributed by atoms with van der Waals surface area (Å²) < 4.78 is 34.4. The summed E-state index contributed by atoms with van der Waals surface area (Å²) in [5.41, 5.74) is 8.35. The number of benzene rings is 1. The third kappa shape index (κ3) is 2.78. The maximum atomic E-state index is 13.6. The number of hydrogen-bond acceptors (Lipinski definition) is 6. The highest BCUT2D eigenvalue weighted by atomic mass is 32.2. The van der Waals surface area contributed by atoms with E-state index in [-0.39, 0.29) is 12.1 Å². The number of likely N-dealkylation sites (tertiary alicyclic amines) is 1. The molecule has 0 spiro atoms. The summed E-state index contributed by atoms with van der Waals surface area (Å²) >= 11 is 0. The molecule has 2 N–H and O–H groups in total. The molecule has 0 bridgehead atoms. The van der Waals surface area contributed by atoms with Crippen molar-refractivity contribution in [1.82, 2.24) is 9.88 Å². The van der Waals surface area contributed by atoms with Crippen LogP contribution in [0.3, 0.4) is 0 Å². The van der Waals surface area contributed by atoms with Gasteiger partial charge in [-0.2, -0.15) is 0 Å². The van der Waals surface area contributed by atoms with Gasteiger partial charge in [-0.25, -0.2) is 8.42 Å². The van der Waals surface area contributed by atoms with Crippen molar-refractivity contribution in [3.05, 3.63) is 47.8 Å². The molecule has 4 heterocycles. The number of nitrogens with zero attached hydrogens (tertiary/aromatic N) is 3. The Kier molecular flexibility index (Phi) is 4.30. The minimum Gasteiger partial charge on any atom is -0.493 e. The number of nitrogens with two attached hydrogens (primary N) is 1. The zero-order chi connectivity index (χ0) is 19.3. The van der Waals surface area contributed by atoms with E-state index in [2.05, 4.69) is 9.88 Å². The molecule has 1 atom stereocenters. The van der Waals surface area contributed by atoms with Crippen LogP contribution in [0.25, 0.3) is 0 Å². The van der Waals surface area contributed by atoms with E-state index in [9.17, 15) is 8.42 Å². The van der Waals surface area contributed by atoms with Crippen LogP contribution < -0.4 is 14.8 Å². The monoisotopic (exact) mass is 400 g/mol. The molecule has 1 unspecified atom stereocenters. The van der Waals surface area contributed by atoms with E-state index >= 15 is 0 Å². The van der Waals surface area contributed by atoms with E-state index in [1.165, 1.54) is 4.31 Å². The fraction of sp³-hybridized carbons (Fsp3) is 0.450. The number of piperidine rings is 1. The van der Waals surface area contributed by atoms with Gasteiger partial charge in [0.1, 0.15) is 5.75 Å². The highest BCUT2D eigenvalue weighted by Crippen LogP contribution is 2.42. The van der Waals surface area contributed by atoms with Crippen LogP contribution >= 0.6 is 0 Å².